The van der Waals surface area contributed by atoms with Crippen molar-refractivity contribution in [2.45, 2.75) is 33.6 Å². The van der Waals surface area contributed by atoms with Crippen molar-refractivity contribution in [3.8, 4) is 5.88 Å². The molecule has 22 heavy (non-hydrogen) atoms. The van der Waals surface area contributed by atoms with Crippen molar-refractivity contribution < 1.29 is 9.53 Å². The fourth-order valence-corrected chi connectivity index (χ4v) is 2.34. The summed E-state index contributed by atoms with van der Waals surface area (Å²) < 4.78 is 5.43. The molecule has 1 aromatic heterocycles. The molecule has 0 radical (unpaired) electrons. The number of hydrogen-bond donors (Lipinski definition) is 1. The van der Waals surface area contributed by atoms with E-state index in [2.05, 4.69) is 24.1 Å². The molecule has 2 aromatic rings. The third-order valence-electron chi connectivity index (χ3n) is 3.46. The molecule has 0 bridgehead atoms. The van der Waals surface area contributed by atoms with Crippen molar-refractivity contribution in [1.29, 1.82) is 0 Å². The minimum absolute atomic E-state index is 0.201. The second-order valence-electron chi connectivity index (χ2n) is 5.44. The van der Waals surface area contributed by atoms with Gasteiger partial charge in [-0.3, -0.25) is 4.79 Å². The van der Waals surface area contributed by atoms with Gasteiger partial charge >= 0.3 is 0 Å². The first kappa shape index (κ1) is 16.0. The normalized spacial score (nSPS) is 10.6. The van der Waals surface area contributed by atoms with Crippen LogP contribution in [0.3, 0.4) is 0 Å². The molecule has 1 N–H and O–H groups in total. The lowest BCUT2D eigenvalue weighted by molar-refractivity contribution is 0.102. The van der Waals surface area contributed by atoms with E-state index in [1.54, 1.807) is 18.3 Å². The zero-order valence-corrected chi connectivity index (χ0v) is 13.5. The van der Waals surface area contributed by atoms with Gasteiger partial charge in [-0.05, 0) is 43.0 Å². The number of anilines is 1. The Bertz CT molecular complexity index is 666. The number of carbonyl (C=O) groups is 1. The summed E-state index contributed by atoms with van der Waals surface area (Å²) in [6, 6.07) is 9.50. The Morgan fingerprint density at radius 2 is 2.05 bits per heavy atom. The Morgan fingerprint density at radius 1 is 1.27 bits per heavy atom. The highest BCUT2D eigenvalue weighted by atomic mass is 16.5. The molecule has 0 fully saturated rings. The van der Waals surface area contributed by atoms with E-state index in [1.807, 2.05) is 32.0 Å². The van der Waals surface area contributed by atoms with Gasteiger partial charge in [0.25, 0.3) is 5.91 Å². The molecule has 0 saturated heterocycles. The van der Waals surface area contributed by atoms with Crippen LogP contribution in [0.1, 0.15) is 48.2 Å². The summed E-state index contributed by atoms with van der Waals surface area (Å²) in [4.78, 5) is 16.7. The number of hydrogen-bond acceptors (Lipinski definition) is 3. The first-order valence-electron chi connectivity index (χ1n) is 7.53. The third kappa shape index (κ3) is 3.45. The summed E-state index contributed by atoms with van der Waals surface area (Å²) >= 11 is 0. The summed E-state index contributed by atoms with van der Waals surface area (Å²) in [6.45, 7) is 8.56. The standard InChI is InChI=1S/C18H22N2O2/c1-5-22-18-15(10-7-11-19-18)17(21)20-16-13(4)8-6-9-14(16)12(2)3/h6-12H,5H2,1-4H3,(H,20,21). The molecular weight excluding hydrogens is 276 g/mol. The van der Waals surface area contributed by atoms with E-state index in [0.29, 0.717) is 24.0 Å². The van der Waals surface area contributed by atoms with Crippen LogP contribution in [0, 0.1) is 6.92 Å². The molecule has 1 amide bonds. The van der Waals surface area contributed by atoms with Crippen molar-refractivity contribution in [3.63, 3.8) is 0 Å². The molecule has 0 aliphatic carbocycles. The second-order valence-corrected chi connectivity index (χ2v) is 5.44. The second kappa shape index (κ2) is 7.07. The number of benzene rings is 1. The van der Waals surface area contributed by atoms with E-state index in [-0.39, 0.29) is 5.91 Å². The SMILES string of the molecule is CCOc1ncccc1C(=O)Nc1c(C)cccc1C(C)C. The molecule has 1 heterocycles. The van der Waals surface area contributed by atoms with Crippen LogP contribution in [0.2, 0.25) is 0 Å². The first-order chi connectivity index (χ1) is 10.5. The molecule has 0 aliphatic rings. The monoisotopic (exact) mass is 298 g/mol. The number of nitrogens with one attached hydrogen (secondary N) is 1. The lowest BCUT2D eigenvalue weighted by Gasteiger charge is -2.17. The lowest BCUT2D eigenvalue weighted by atomic mass is 9.98. The van der Waals surface area contributed by atoms with Gasteiger partial charge in [0.1, 0.15) is 5.56 Å². The van der Waals surface area contributed by atoms with E-state index in [1.165, 1.54) is 0 Å². The predicted octanol–water partition coefficient (Wildman–Crippen LogP) is 4.16. The molecule has 0 aliphatic heterocycles. The third-order valence-corrected chi connectivity index (χ3v) is 3.46. The molecule has 0 spiro atoms. The zero-order valence-electron chi connectivity index (χ0n) is 13.5. The van der Waals surface area contributed by atoms with E-state index < -0.39 is 0 Å². The van der Waals surface area contributed by atoms with Crippen LogP contribution in [0.25, 0.3) is 0 Å². The van der Waals surface area contributed by atoms with Crippen LogP contribution in [-0.2, 0) is 0 Å². The molecule has 4 nitrogen and oxygen atoms in total. The molecule has 0 unspecified atom stereocenters. The molecule has 1 aromatic carbocycles. The van der Waals surface area contributed by atoms with E-state index in [9.17, 15) is 4.79 Å². The van der Waals surface area contributed by atoms with E-state index >= 15 is 0 Å². The smallest absolute Gasteiger partial charge is 0.261 e. The number of nitrogens with zero attached hydrogens (tertiary/aromatic N) is 1. The van der Waals surface area contributed by atoms with Gasteiger partial charge in [-0.25, -0.2) is 4.98 Å². The Morgan fingerprint density at radius 3 is 2.73 bits per heavy atom. The van der Waals surface area contributed by atoms with Crippen LogP contribution in [-0.4, -0.2) is 17.5 Å². The average molecular weight is 298 g/mol. The van der Waals surface area contributed by atoms with Crippen molar-refractivity contribution >= 4 is 11.6 Å². The molecule has 116 valence electrons. The summed E-state index contributed by atoms with van der Waals surface area (Å²) in [5.74, 6) is 0.491. The highest BCUT2D eigenvalue weighted by Crippen LogP contribution is 2.28. The topological polar surface area (TPSA) is 51.2 Å². The number of aromatic nitrogens is 1. The van der Waals surface area contributed by atoms with Gasteiger partial charge in [0, 0.05) is 11.9 Å². The fourth-order valence-electron chi connectivity index (χ4n) is 2.34. The van der Waals surface area contributed by atoms with Crippen LogP contribution in [0.15, 0.2) is 36.5 Å². The molecule has 4 heteroatoms. The van der Waals surface area contributed by atoms with Crippen molar-refractivity contribution in [3.05, 3.63) is 53.2 Å². The summed E-state index contributed by atoms with van der Waals surface area (Å²) in [5, 5.41) is 3.02. The Hall–Kier alpha value is -2.36. The van der Waals surface area contributed by atoms with Crippen molar-refractivity contribution in [2.24, 2.45) is 0 Å². The summed E-state index contributed by atoms with van der Waals surface area (Å²) in [5.41, 5.74) is 3.48. The van der Waals surface area contributed by atoms with E-state index in [0.717, 1.165) is 16.8 Å². The fraction of sp³-hybridized carbons (Fsp3) is 0.333. The maximum atomic E-state index is 12.6. The quantitative estimate of drug-likeness (QED) is 0.901. The van der Waals surface area contributed by atoms with Gasteiger partial charge in [0.2, 0.25) is 5.88 Å². The van der Waals surface area contributed by atoms with Crippen molar-refractivity contribution in [1.82, 2.24) is 4.98 Å². The number of pyridine rings is 1. The maximum Gasteiger partial charge on any atom is 0.261 e. The number of carbonyl (C=O) groups excluding carboxylic acids is 1. The maximum absolute atomic E-state index is 12.6. The average Bonchev–Trinajstić information content (AvgIpc) is 2.49. The lowest BCUT2D eigenvalue weighted by Crippen LogP contribution is -2.16. The van der Waals surface area contributed by atoms with Crippen molar-refractivity contribution in [2.75, 3.05) is 11.9 Å². The number of amides is 1. The molecule has 0 saturated carbocycles. The van der Waals surface area contributed by atoms with Crippen LogP contribution in [0.4, 0.5) is 5.69 Å². The number of rotatable bonds is 5. The van der Waals surface area contributed by atoms with Crippen LogP contribution in [0.5, 0.6) is 5.88 Å². The largest absolute Gasteiger partial charge is 0.477 e. The Labute approximate surface area is 131 Å². The minimum Gasteiger partial charge on any atom is -0.477 e. The predicted molar refractivity (Wildman–Crippen MR) is 88.6 cm³/mol. The van der Waals surface area contributed by atoms with E-state index in [4.69, 9.17) is 4.74 Å². The van der Waals surface area contributed by atoms with Gasteiger partial charge in [-0.1, -0.05) is 32.0 Å². The number of para-hydroxylation sites is 1. The van der Waals surface area contributed by atoms with Gasteiger partial charge < -0.3 is 10.1 Å². The molecular formula is C18H22N2O2. The van der Waals surface area contributed by atoms with Gasteiger partial charge in [0.15, 0.2) is 0 Å². The molecule has 0 atom stereocenters. The summed E-state index contributed by atoms with van der Waals surface area (Å²) in [7, 11) is 0. The van der Waals surface area contributed by atoms with Gasteiger partial charge in [-0.15, -0.1) is 0 Å². The molecule has 2 rings (SSSR count). The highest BCUT2D eigenvalue weighted by Gasteiger charge is 2.17. The minimum atomic E-state index is -0.201. The van der Waals surface area contributed by atoms with Crippen LogP contribution < -0.4 is 10.1 Å². The highest BCUT2D eigenvalue weighted by molar-refractivity contribution is 6.06. The summed E-state index contributed by atoms with van der Waals surface area (Å²) in [6.07, 6.45) is 1.62. The number of ether oxygens (including phenoxy) is 1. The van der Waals surface area contributed by atoms with Gasteiger partial charge in [0.05, 0.1) is 6.61 Å². The Kier molecular flexibility index (Phi) is 5.15. The number of aryl methyl sites for hydroxylation is 1. The van der Waals surface area contributed by atoms with Gasteiger partial charge in [-0.2, -0.15) is 0 Å². The first-order valence-corrected chi connectivity index (χ1v) is 7.53. The van der Waals surface area contributed by atoms with Crippen LogP contribution >= 0.6 is 0 Å². The zero-order chi connectivity index (χ0) is 16.1. The Balaban J connectivity index is 2.34.